The van der Waals surface area contributed by atoms with Gasteiger partial charge in [-0.3, -0.25) is 9.59 Å². The van der Waals surface area contributed by atoms with E-state index in [0.717, 1.165) is 18.5 Å². The Kier molecular flexibility index (Phi) is 6.39. The first kappa shape index (κ1) is 20.7. The molecule has 154 valence electrons. The highest BCUT2D eigenvalue weighted by Gasteiger charge is 2.22. The fraction of sp³-hybridized carbons (Fsp3) is 0.364. The zero-order chi connectivity index (χ0) is 21.0. The molecule has 7 nitrogen and oxygen atoms in total. The molecule has 0 aliphatic carbocycles. The Labute approximate surface area is 171 Å². The van der Waals surface area contributed by atoms with E-state index >= 15 is 0 Å². The molecule has 1 unspecified atom stereocenters. The zero-order valence-electron chi connectivity index (χ0n) is 17.4. The summed E-state index contributed by atoms with van der Waals surface area (Å²) in [4.78, 5) is 28.8. The SMILES string of the molecule is COc1cccc(NC(=O)C(=O)NCC(c2ccc3c(c2)CCN3C)N(C)C)c1. The van der Waals surface area contributed by atoms with Crippen molar-refractivity contribution >= 4 is 23.2 Å². The molecule has 2 aromatic rings. The minimum atomic E-state index is -0.702. The summed E-state index contributed by atoms with van der Waals surface area (Å²) >= 11 is 0. The van der Waals surface area contributed by atoms with E-state index in [2.05, 4.69) is 40.8 Å². The fourth-order valence-electron chi connectivity index (χ4n) is 3.55. The van der Waals surface area contributed by atoms with E-state index in [9.17, 15) is 9.59 Å². The van der Waals surface area contributed by atoms with Crippen molar-refractivity contribution in [1.29, 1.82) is 0 Å². The summed E-state index contributed by atoms with van der Waals surface area (Å²) in [5, 5.41) is 5.35. The lowest BCUT2D eigenvalue weighted by atomic mass is 10.0. The minimum absolute atomic E-state index is 0.0280. The number of carbonyl (C=O) groups excluding carboxylic acids is 2. The maximum absolute atomic E-state index is 12.3. The number of nitrogens with zero attached hydrogens (tertiary/aromatic N) is 2. The van der Waals surface area contributed by atoms with Crippen molar-refractivity contribution < 1.29 is 14.3 Å². The fourth-order valence-corrected chi connectivity index (χ4v) is 3.55. The second kappa shape index (κ2) is 8.96. The Hall–Kier alpha value is -3.06. The van der Waals surface area contributed by atoms with Crippen LogP contribution in [0.3, 0.4) is 0 Å². The van der Waals surface area contributed by atoms with Crippen molar-refractivity contribution in [3.8, 4) is 5.75 Å². The molecule has 29 heavy (non-hydrogen) atoms. The summed E-state index contributed by atoms with van der Waals surface area (Å²) in [6.45, 7) is 1.36. The molecule has 2 aromatic carbocycles. The third-order valence-electron chi connectivity index (χ3n) is 5.23. The lowest BCUT2D eigenvalue weighted by Gasteiger charge is -2.26. The summed E-state index contributed by atoms with van der Waals surface area (Å²) in [6, 6.07) is 13.3. The molecule has 0 aromatic heterocycles. The first-order valence-electron chi connectivity index (χ1n) is 9.62. The van der Waals surface area contributed by atoms with Gasteiger partial charge in [0.25, 0.3) is 0 Å². The van der Waals surface area contributed by atoms with Gasteiger partial charge in [0.2, 0.25) is 0 Å². The Bertz CT molecular complexity index is 897. The van der Waals surface area contributed by atoms with Crippen LogP contribution in [-0.2, 0) is 16.0 Å². The molecule has 1 aliphatic rings. The van der Waals surface area contributed by atoms with Crippen molar-refractivity contribution in [2.75, 3.05) is 51.6 Å². The summed E-state index contributed by atoms with van der Waals surface area (Å²) in [5.74, 6) is -0.759. The highest BCUT2D eigenvalue weighted by molar-refractivity contribution is 6.39. The second-order valence-corrected chi connectivity index (χ2v) is 7.44. The molecule has 0 saturated carbocycles. The molecule has 0 spiro atoms. The molecule has 2 amide bonds. The molecule has 1 heterocycles. The molecule has 1 aliphatic heterocycles. The van der Waals surface area contributed by atoms with Crippen molar-refractivity contribution in [2.24, 2.45) is 0 Å². The summed E-state index contributed by atoms with van der Waals surface area (Å²) in [5.41, 5.74) is 4.21. The molecule has 3 rings (SSSR count). The molecular weight excluding hydrogens is 368 g/mol. The predicted molar refractivity (Wildman–Crippen MR) is 114 cm³/mol. The number of anilines is 2. The maximum atomic E-state index is 12.3. The molecule has 7 heteroatoms. The van der Waals surface area contributed by atoms with Gasteiger partial charge < -0.3 is 25.2 Å². The summed E-state index contributed by atoms with van der Waals surface area (Å²) < 4.78 is 5.13. The van der Waals surface area contributed by atoms with Crippen LogP contribution in [-0.4, -0.2) is 58.1 Å². The number of hydrogen-bond acceptors (Lipinski definition) is 5. The average molecular weight is 396 g/mol. The Morgan fingerprint density at radius 2 is 1.97 bits per heavy atom. The van der Waals surface area contributed by atoms with Gasteiger partial charge in [-0.2, -0.15) is 0 Å². The largest absolute Gasteiger partial charge is 0.497 e. The van der Waals surface area contributed by atoms with Crippen molar-refractivity contribution in [2.45, 2.75) is 12.5 Å². The van der Waals surface area contributed by atoms with Gasteiger partial charge in [-0.05, 0) is 49.8 Å². The Morgan fingerprint density at radius 1 is 1.17 bits per heavy atom. The number of ether oxygens (including phenoxy) is 1. The number of amides is 2. The molecule has 0 saturated heterocycles. The highest BCUT2D eigenvalue weighted by Crippen LogP contribution is 2.30. The molecule has 0 radical (unpaired) electrons. The number of carbonyl (C=O) groups is 2. The lowest BCUT2D eigenvalue weighted by Crippen LogP contribution is -2.40. The van der Waals surface area contributed by atoms with E-state index in [1.165, 1.54) is 11.3 Å². The molecule has 2 N–H and O–H groups in total. The third kappa shape index (κ3) is 4.86. The van der Waals surface area contributed by atoms with E-state index in [0.29, 0.717) is 18.0 Å². The minimum Gasteiger partial charge on any atom is -0.497 e. The number of rotatable bonds is 6. The van der Waals surface area contributed by atoms with E-state index in [1.54, 1.807) is 31.4 Å². The quantitative estimate of drug-likeness (QED) is 0.731. The van der Waals surface area contributed by atoms with Crippen molar-refractivity contribution in [3.05, 3.63) is 53.6 Å². The standard InChI is InChI=1S/C22H28N4O3/c1-25(2)20(15-8-9-19-16(12-15)10-11-26(19)3)14-23-21(27)22(28)24-17-6-5-7-18(13-17)29-4/h5-9,12-13,20H,10-11,14H2,1-4H3,(H,23,27)(H,24,28). The van der Waals surface area contributed by atoms with Crippen LogP contribution < -0.4 is 20.3 Å². The third-order valence-corrected chi connectivity index (χ3v) is 5.23. The number of methoxy groups -OCH3 is 1. The second-order valence-electron chi connectivity index (χ2n) is 7.44. The Morgan fingerprint density at radius 3 is 2.69 bits per heavy atom. The van der Waals surface area contributed by atoms with Crippen LogP contribution in [0.25, 0.3) is 0 Å². The molecule has 1 atom stereocenters. The summed E-state index contributed by atoms with van der Waals surface area (Å²) in [7, 11) is 7.57. The average Bonchev–Trinajstić information content (AvgIpc) is 3.08. The van der Waals surface area contributed by atoms with E-state index in [-0.39, 0.29) is 6.04 Å². The van der Waals surface area contributed by atoms with Gasteiger partial charge in [-0.15, -0.1) is 0 Å². The van der Waals surface area contributed by atoms with Crippen LogP contribution in [0.1, 0.15) is 17.2 Å². The lowest BCUT2D eigenvalue weighted by molar-refractivity contribution is -0.136. The van der Waals surface area contributed by atoms with E-state index < -0.39 is 11.8 Å². The number of hydrogen-bond donors (Lipinski definition) is 2. The monoisotopic (exact) mass is 396 g/mol. The molecule has 0 fully saturated rings. The zero-order valence-corrected chi connectivity index (χ0v) is 17.4. The number of likely N-dealkylation sites (N-methyl/N-ethyl adjacent to an activating group) is 2. The molecular formula is C22H28N4O3. The van der Waals surface area contributed by atoms with Crippen LogP contribution in [0, 0.1) is 0 Å². The van der Waals surface area contributed by atoms with Gasteiger partial charge in [0.1, 0.15) is 5.75 Å². The predicted octanol–water partition coefficient (Wildman–Crippen LogP) is 2.05. The normalized spacial score (nSPS) is 13.8. The highest BCUT2D eigenvalue weighted by atomic mass is 16.5. The topological polar surface area (TPSA) is 73.9 Å². The van der Waals surface area contributed by atoms with E-state index in [1.807, 2.05) is 19.0 Å². The summed E-state index contributed by atoms with van der Waals surface area (Å²) in [6.07, 6.45) is 1.02. The van der Waals surface area contributed by atoms with Gasteiger partial charge in [-0.1, -0.05) is 18.2 Å². The van der Waals surface area contributed by atoms with Crippen LogP contribution in [0.15, 0.2) is 42.5 Å². The van der Waals surface area contributed by atoms with Gasteiger partial charge in [0.05, 0.1) is 13.2 Å². The first-order valence-corrected chi connectivity index (χ1v) is 9.62. The van der Waals surface area contributed by atoms with Crippen LogP contribution in [0.2, 0.25) is 0 Å². The van der Waals surface area contributed by atoms with Gasteiger partial charge in [-0.25, -0.2) is 0 Å². The van der Waals surface area contributed by atoms with Crippen LogP contribution >= 0.6 is 0 Å². The smallest absolute Gasteiger partial charge is 0.313 e. The maximum Gasteiger partial charge on any atom is 0.313 e. The van der Waals surface area contributed by atoms with Gasteiger partial charge in [0, 0.05) is 37.6 Å². The Balaban J connectivity index is 1.63. The van der Waals surface area contributed by atoms with E-state index in [4.69, 9.17) is 4.74 Å². The number of fused-ring (bicyclic) bond motifs is 1. The van der Waals surface area contributed by atoms with Gasteiger partial charge in [0.15, 0.2) is 0 Å². The van der Waals surface area contributed by atoms with Crippen LogP contribution in [0.5, 0.6) is 5.75 Å². The van der Waals surface area contributed by atoms with Crippen molar-refractivity contribution in [1.82, 2.24) is 10.2 Å². The van der Waals surface area contributed by atoms with Crippen LogP contribution in [0.4, 0.5) is 11.4 Å². The number of nitrogens with one attached hydrogen (secondary N) is 2. The van der Waals surface area contributed by atoms with Gasteiger partial charge >= 0.3 is 11.8 Å². The number of benzene rings is 2. The molecule has 0 bridgehead atoms. The first-order chi connectivity index (χ1) is 13.9. The van der Waals surface area contributed by atoms with Crippen molar-refractivity contribution in [3.63, 3.8) is 0 Å².